The summed E-state index contributed by atoms with van der Waals surface area (Å²) in [7, 11) is 0. The van der Waals surface area contributed by atoms with Crippen molar-refractivity contribution in [3.05, 3.63) is 120 Å². The molecule has 4 aromatic rings. The Bertz CT molecular complexity index is 1360. The molecule has 0 aliphatic heterocycles. The Morgan fingerprint density at radius 1 is 0.541 bits per heavy atom. The van der Waals surface area contributed by atoms with E-state index < -0.39 is 0 Å². The molecule has 7 heteroatoms. The first kappa shape index (κ1) is 25.2. The maximum absolute atomic E-state index is 12.5. The van der Waals surface area contributed by atoms with Gasteiger partial charge in [-0.15, -0.1) is 0 Å². The fourth-order valence-corrected chi connectivity index (χ4v) is 3.69. The summed E-state index contributed by atoms with van der Waals surface area (Å²) in [5, 5.41) is 11.6. The van der Waals surface area contributed by atoms with Crippen LogP contribution in [0.25, 0.3) is 0 Å². The maximum Gasteiger partial charge on any atom is 0.255 e. The monoisotopic (exact) mass is 492 g/mol. The van der Waals surface area contributed by atoms with Crippen LogP contribution in [-0.4, -0.2) is 24.3 Å². The Kier molecular flexibility index (Phi) is 8.64. The van der Waals surface area contributed by atoms with Crippen molar-refractivity contribution in [3.63, 3.8) is 0 Å². The van der Waals surface area contributed by atoms with Gasteiger partial charge in [0.25, 0.3) is 5.91 Å². The molecule has 37 heavy (non-hydrogen) atoms. The molecule has 0 unspecified atom stereocenters. The second-order valence-electron chi connectivity index (χ2n) is 8.42. The number of amides is 3. The molecule has 0 heterocycles. The van der Waals surface area contributed by atoms with Gasteiger partial charge in [0.2, 0.25) is 11.8 Å². The van der Waals surface area contributed by atoms with Gasteiger partial charge < -0.3 is 21.3 Å². The van der Waals surface area contributed by atoms with E-state index >= 15 is 0 Å². The van der Waals surface area contributed by atoms with Gasteiger partial charge in [0.1, 0.15) is 0 Å². The first-order valence-electron chi connectivity index (χ1n) is 12.0. The van der Waals surface area contributed by atoms with Gasteiger partial charge in [-0.25, -0.2) is 0 Å². The lowest BCUT2D eigenvalue weighted by atomic mass is 10.1. The Morgan fingerprint density at radius 2 is 1.08 bits per heavy atom. The summed E-state index contributed by atoms with van der Waals surface area (Å²) in [5.74, 6) is -0.542. The van der Waals surface area contributed by atoms with Gasteiger partial charge in [0.05, 0.1) is 6.54 Å². The quantitative estimate of drug-likeness (QED) is 0.233. The highest BCUT2D eigenvalue weighted by atomic mass is 16.2. The number of carbonyl (C=O) groups excluding carboxylic acids is 3. The number of hydrogen-bond donors (Lipinski definition) is 4. The summed E-state index contributed by atoms with van der Waals surface area (Å²) in [4.78, 5) is 37.2. The van der Waals surface area contributed by atoms with E-state index in [0.717, 1.165) is 5.56 Å². The smallest absolute Gasteiger partial charge is 0.255 e. The van der Waals surface area contributed by atoms with Crippen molar-refractivity contribution in [2.75, 3.05) is 27.8 Å². The molecule has 0 aliphatic carbocycles. The third-order valence-electron chi connectivity index (χ3n) is 5.52. The maximum atomic E-state index is 12.5. The first-order chi connectivity index (χ1) is 18.0. The summed E-state index contributed by atoms with van der Waals surface area (Å²) in [6.45, 7) is 0.0337. The molecule has 0 saturated carbocycles. The van der Waals surface area contributed by atoms with E-state index in [-0.39, 0.29) is 24.3 Å². The molecule has 4 rings (SSSR count). The highest BCUT2D eigenvalue weighted by Gasteiger charge is 2.08. The summed E-state index contributed by atoms with van der Waals surface area (Å²) in [6, 6.07) is 33.0. The van der Waals surface area contributed by atoms with Crippen molar-refractivity contribution in [2.24, 2.45) is 0 Å². The molecular formula is C30H28N4O3. The molecule has 7 nitrogen and oxygen atoms in total. The fraction of sp³-hybridized carbons (Fsp3) is 0.100. The van der Waals surface area contributed by atoms with Crippen LogP contribution in [0.3, 0.4) is 0 Å². The summed E-state index contributed by atoms with van der Waals surface area (Å²) >= 11 is 0. The van der Waals surface area contributed by atoms with Crippen LogP contribution in [0.1, 0.15) is 22.3 Å². The number of rotatable bonds is 10. The molecule has 0 fully saturated rings. The SMILES string of the molecule is O=C(CCc1ccccc1)Nc1cccc(NCC(=O)Nc2cccc(NC(=O)c3ccccc3)c2)c1. The van der Waals surface area contributed by atoms with Gasteiger partial charge in [-0.1, -0.05) is 60.7 Å². The number of anilines is 4. The minimum absolute atomic E-state index is 0.0337. The second-order valence-corrected chi connectivity index (χ2v) is 8.42. The number of hydrogen-bond acceptors (Lipinski definition) is 4. The third-order valence-corrected chi connectivity index (χ3v) is 5.52. The summed E-state index contributed by atoms with van der Waals surface area (Å²) in [6.07, 6.45) is 1.05. The topological polar surface area (TPSA) is 99.3 Å². The Balaban J connectivity index is 1.25. The number of aryl methyl sites for hydroxylation is 1. The van der Waals surface area contributed by atoms with Crippen LogP contribution in [0.2, 0.25) is 0 Å². The lowest BCUT2D eigenvalue weighted by Crippen LogP contribution is -2.22. The van der Waals surface area contributed by atoms with Gasteiger partial charge in [0, 0.05) is 34.7 Å². The van der Waals surface area contributed by atoms with Crippen LogP contribution < -0.4 is 21.3 Å². The van der Waals surface area contributed by atoms with E-state index in [1.165, 1.54) is 0 Å². The lowest BCUT2D eigenvalue weighted by Gasteiger charge is -2.11. The van der Waals surface area contributed by atoms with Crippen molar-refractivity contribution in [1.82, 2.24) is 0 Å². The minimum atomic E-state index is -0.246. The van der Waals surface area contributed by atoms with E-state index in [2.05, 4.69) is 21.3 Å². The zero-order chi connectivity index (χ0) is 25.9. The van der Waals surface area contributed by atoms with Crippen LogP contribution in [-0.2, 0) is 16.0 Å². The summed E-state index contributed by atoms with van der Waals surface area (Å²) < 4.78 is 0. The fourth-order valence-electron chi connectivity index (χ4n) is 3.69. The summed E-state index contributed by atoms with van der Waals surface area (Å²) in [5.41, 5.74) is 4.18. The first-order valence-corrected chi connectivity index (χ1v) is 12.0. The molecular weight excluding hydrogens is 464 g/mol. The van der Waals surface area contributed by atoms with Crippen molar-refractivity contribution in [2.45, 2.75) is 12.8 Å². The van der Waals surface area contributed by atoms with Crippen molar-refractivity contribution in [1.29, 1.82) is 0 Å². The van der Waals surface area contributed by atoms with Crippen LogP contribution in [0.4, 0.5) is 22.7 Å². The molecule has 4 aromatic carbocycles. The van der Waals surface area contributed by atoms with Gasteiger partial charge >= 0.3 is 0 Å². The predicted octanol–water partition coefficient (Wildman–Crippen LogP) is 5.56. The van der Waals surface area contributed by atoms with Gasteiger partial charge in [-0.2, -0.15) is 0 Å². The van der Waals surface area contributed by atoms with Crippen LogP contribution in [0, 0.1) is 0 Å². The molecule has 4 N–H and O–H groups in total. The van der Waals surface area contributed by atoms with Gasteiger partial charge in [0.15, 0.2) is 0 Å². The van der Waals surface area contributed by atoms with Crippen LogP contribution in [0.5, 0.6) is 0 Å². The standard InChI is InChI=1S/C30H28N4O3/c35-28(18-17-22-9-3-1-4-10-22)32-25-14-7-13-24(19-25)31-21-29(36)33-26-15-8-16-27(20-26)34-30(37)23-11-5-2-6-12-23/h1-16,19-20,31H,17-18,21H2,(H,32,35)(H,33,36)(H,34,37). The van der Waals surface area contributed by atoms with E-state index in [9.17, 15) is 14.4 Å². The molecule has 0 aromatic heterocycles. The van der Waals surface area contributed by atoms with E-state index in [4.69, 9.17) is 0 Å². The zero-order valence-electron chi connectivity index (χ0n) is 20.2. The van der Waals surface area contributed by atoms with Crippen molar-refractivity contribution < 1.29 is 14.4 Å². The lowest BCUT2D eigenvalue weighted by molar-refractivity contribution is -0.116. The van der Waals surface area contributed by atoms with E-state index in [0.29, 0.717) is 41.2 Å². The molecule has 0 saturated heterocycles. The Hall–Kier alpha value is -4.91. The molecule has 0 bridgehead atoms. The largest absolute Gasteiger partial charge is 0.376 e. The Morgan fingerprint density at radius 3 is 1.76 bits per heavy atom. The highest BCUT2D eigenvalue weighted by molar-refractivity contribution is 6.04. The average molecular weight is 493 g/mol. The second kappa shape index (κ2) is 12.7. The molecule has 0 spiro atoms. The van der Waals surface area contributed by atoms with Gasteiger partial charge in [-0.05, 0) is 60.5 Å². The van der Waals surface area contributed by atoms with Gasteiger partial charge in [-0.3, -0.25) is 14.4 Å². The Labute approximate surface area is 215 Å². The van der Waals surface area contributed by atoms with Crippen molar-refractivity contribution in [3.8, 4) is 0 Å². The number of benzene rings is 4. The molecule has 3 amide bonds. The molecule has 186 valence electrons. The van der Waals surface area contributed by atoms with E-state index in [1.807, 2.05) is 48.5 Å². The van der Waals surface area contributed by atoms with E-state index in [1.54, 1.807) is 60.7 Å². The third kappa shape index (κ3) is 8.07. The number of carbonyl (C=O) groups is 3. The van der Waals surface area contributed by atoms with Crippen LogP contribution in [0.15, 0.2) is 109 Å². The number of nitrogens with one attached hydrogen (secondary N) is 4. The molecule has 0 radical (unpaired) electrons. The zero-order valence-corrected chi connectivity index (χ0v) is 20.2. The normalized spacial score (nSPS) is 10.3. The predicted molar refractivity (Wildman–Crippen MR) is 148 cm³/mol. The molecule has 0 atom stereocenters. The highest BCUT2D eigenvalue weighted by Crippen LogP contribution is 2.18. The minimum Gasteiger partial charge on any atom is -0.376 e. The average Bonchev–Trinajstić information content (AvgIpc) is 2.92. The molecule has 0 aliphatic rings. The van der Waals surface area contributed by atoms with Crippen molar-refractivity contribution >= 4 is 40.5 Å². The van der Waals surface area contributed by atoms with Crippen LogP contribution >= 0.6 is 0 Å².